The third kappa shape index (κ3) is 5.50. The molecule has 0 aliphatic rings. The second-order valence-electron chi connectivity index (χ2n) is 4.98. The van der Waals surface area contributed by atoms with Gasteiger partial charge in [0.1, 0.15) is 18.5 Å². The Hall–Kier alpha value is -1.36. The number of halogens is 1. The van der Waals surface area contributed by atoms with Crippen molar-refractivity contribution in [1.29, 1.82) is 0 Å². The van der Waals surface area contributed by atoms with Gasteiger partial charge in [-0.3, -0.25) is 0 Å². The highest BCUT2D eigenvalue weighted by Crippen LogP contribution is 2.17. The lowest BCUT2D eigenvalue weighted by molar-refractivity contribution is 0.106. The van der Waals surface area contributed by atoms with Crippen LogP contribution in [0.15, 0.2) is 53.0 Å². The van der Waals surface area contributed by atoms with E-state index >= 15 is 0 Å². The average Bonchev–Trinajstić information content (AvgIpc) is 2.47. The molecule has 2 N–H and O–H groups in total. The van der Waals surface area contributed by atoms with E-state index in [4.69, 9.17) is 4.74 Å². The van der Waals surface area contributed by atoms with Gasteiger partial charge in [-0.1, -0.05) is 46.3 Å². The summed E-state index contributed by atoms with van der Waals surface area (Å²) in [5.74, 6) is 0.752. The number of nitrogens with one attached hydrogen (secondary N) is 1. The molecule has 2 aromatic carbocycles. The molecule has 0 amide bonds. The lowest BCUT2D eigenvalue weighted by Gasteiger charge is -2.14. The van der Waals surface area contributed by atoms with E-state index in [-0.39, 0.29) is 6.61 Å². The molecule has 1 unspecified atom stereocenters. The number of hydrogen-bond acceptors (Lipinski definition) is 3. The Bertz CT molecular complexity index is 574. The van der Waals surface area contributed by atoms with Crippen molar-refractivity contribution in [3.63, 3.8) is 0 Å². The van der Waals surface area contributed by atoms with Gasteiger partial charge in [0, 0.05) is 17.6 Å². The van der Waals surface area contributed by atoms with Crippen molar-refractivity contribution in [1.82, 2.24) is 5.32 Å². The van der Waals surface area contributed by atoms with Gasteiger partial charge in [0.15, 0.2) is 0 Å². The topological polar surface area (TPSA) is 41.5 Å². The van der Waals surface area contributed by atoms with Crippen LogP contribution in [-0.2, 0) is 6.54 Å². The highest BCUT2D eigenvalue weighted by molar-refractivity contribution is 9.10. The van der Waals surface area contributed by atoms with Crippen molar-refractivity contribution in [3.05, 3.63) is 64.1 Å². The molecule has 0 saturated heterocycles. The number of aryl methyl sites for hydroxylation is 1. The van der Waals surface area contributed by atoms with E-state index in [0.717, 1.165) is 16.8 Å². The Morgan fingerprint density at radius 2 is 2.00 bits per heavy atom. The molecule has 0 heterocycles. The minimum Gasteiger partial charge on any atom is -0.491 e. The van der Waals surface area contributed by atoms with Crippen LogP contribution < -0.4 is 10.1 Å². The summed E-state index contributed by atoms with van der Waals surface area (Å²) in [6, 6.07) is 15.8. The number of aliphatic hydroxyl groups is 1. The van der Waals surface area contributed by atoms with Gasteiger partial charge in [0.2, 0.25) is 0 Å². The predicted octanol–water partition coefficient (Wildman–Crippen LogP) is 3.29. The molecule has 0 aromatic heterocycles. The van der Waals surface area contributed by atoms with Crippen LogP contribution in [0.5, 0.6) is 5.75 Å². The number of ether oxygens (including phenoxy) is 1. The fraction of sp³-hybridized carbons (Fsp3) is 0.294. The lowest BCUT2D eigenvalue weighted by atomic mass is 10.1. The van der Waals surface area contributed by atoms with Gasteiger partial charge in [0.25, 0.3) is 0 Å². The molecule has 0 radical (unpaired) electrons. The molecule has 0 fully saturated rings. The maximum Gasteiger partial charge on any atom is 0.120 e. The number of hydrogen-bond donors (Lipinski definition) is 2. The van der Waals surface area contributed by atoms with Crippen LogP contribution in [-0.4, -0.2) is 24.4 Å². The fourth-order valence-corrected chi connectivity index (χ4v) is 2.37. The zero-order chi connectivity index (χ0) is 15.1. The molecule has 1 atom stereocenters. The second kappa shape index (κ2) is 8.17. The average molecular weight is 350 g/mol. The van der Waals surface area contributed by atoms with Gasteiger partial charge in [-0.15, -0.1) is 0 Å². The summed E-state index contributed by atoms with van der Waals surface area (Å²) >= 11 is 3.39. The molecule has 3 nitrogen and oxygen atoms in total. The first kappa shape index (κ1) is 16.0. The van der Waals surface area contributed by atoms with Crippen LogP contribution in [0.25, 0.3) is 0 Å². The van der Waals surface area contributed by atoms with Crippen molar-refractivity contribution in [2.75, 3.05) is 13.2 Å². The molecule has 0 saturated carbocycles. The highest BCUT2D eigenvalue weighted by Gasteiger charge is 2.06. The minimum atomic E-state index is -0.534. The Labute approximate surface area is 134 Å². The molecule has 0 aliphatic heterocycles. The van der Waals surface area contributed by atoms with Crippen molar-refractivity contribution in [2.45, 2.75) is 19.6 Å². The lowest BCUT2D eigenvalue weighted by Crippen LogP contribution is -2.31. The van der Waals surface area contributed by atoms with E-state index in [1.54, 1.807) is 0 Å². The molecule has 2 aromatic rings. The Morgan fingerprint density at radius 3 is 2.76 bits per heavy atom. The third-order valence-electron chi connectivity index (χ3n) is 3.20. The quantitative estimate of drug-likeness (QED) is 0.805. The predicted molar refractivity (Wildman–Crippen MR) is 88.5 cm³/mol. The van der Waals surface area contributed by atoms with Gasteiger partial charge in [-0.2, -0.15) is 0 Å². The van der Waals surface area contributed by atoms with E-state index < -0.39 is 6.10 Å². The molecule has 112 valence electrons. The smallest absolute Gasteiger partial charge is 0.120 e. The van der Waals surface area contributed by atoms with Crippen LogP contribution in [0.3, 0.4) is 0 Å². The summed E-state index contributed by atoms with van der Waals surface area (Å²) < 4.78 is 6.52. The Morgan fingerprint density at radius 1 is 1.19 bits per heavy atom. The van der Waals surface area contributed by atoms with E-state index in [2.05, 4.69) is 40.3 Å². The van der Waals surface area contributed by atoms with Gasteiger partial charge >= 0.3 is 0 Å². The first-order valence-electron chi connectivity index (χ1n) is 6.97. The van der Waals surface area contributed by atoms with Crippen LogP contribution in [0, 0.1) is 6.92 Å². The summed E-state index contributed by atoms with van der Waals surface area (Å²) in [4.78, 5) is 0. The van der Waals surface area contributed by atoms with Gasteiger partial charge in [-0.05, 0) is 36.2 Å². The van der Waals surface area contributed by atoms with Crippen molar-refractivity contribution in [2.24, 2.45) is 0 Å². The Balaban J connectivity index is 1.70. The summed E-state index contributed by atoms with van der Waals surface area (Å²) in [6.45, 7) is 3.62. The van der Waals surface area contributed by atoms with Crippen molar-refractivity contribution in [3.8, 4) is 5.75 Å². The van der Waals surface area contributed by atoms with Crippen LogP contribution in [0.2, 0.25) is 0 Å². The molecule has 0 bridgehead atoms. The van der Waals surface area contributed by atoms with Gasteiger partial charge in [-0.25, -0.2) is 0 Å². The van der Waals surface area contributed by atoms with Crippen LogP contribution in [0.4, 0.5) is 0 Å². The largest absolute Gasteiger partial charge is 0.491 e. The summed E-state index contributed by atoms with van der Waals surface area (Å²) in [5.41, 5.74) is 2.50. The summed E-state index contributed by atoms with van der Waals surface area (Å²) in [6.07, 6.45) is -0.534. The number of benzene rings is 2. The van der Waals surface area contributed by atoms with E-state index in [1.807, 2.05) is 36.4 Å². The fourth-order valence-electron chi connectivity index (χ4n) is 1.99. The monoisotopic (exact) mass is 349 g/mol. The second-order valence-corrected chi connectivity index (χ2v) is 5.90. The SMILES string of the molecule is Cc1ccccc1CNCC(O)COc1cccc(Br)c1. The maximum atomic E-state index is 9.93. The third-order valence-corrected chi connectivity index (χ3v) is 3.69. The van der Waals surface area contributed by atoms with Crippen molar-refractivity contribution >= 4 is 15.9 Å². The maximum absolute atomic E-state index is 9.93. The first-order chi connectivity index (χ1) is 10.1. The molecule has 2 rings (SSSR count). The number of rotatable bonds is 7. The van der Waals surface area contributed by atoms with E-state index in [1.165, 1.54) is 11.1 Å². The summed E-state index contributed by atoms with van der Waals surface area (Å²) in [7, 11) is 0. The standard InChI is InChI=1S/C17H20BrNO2/c1-13-5-2-3-6-14(13)10-19-11-16(20)12-21-17-8-4-7-15(18)9-17/h2-9,16,19-20H,10-12H2,1H3. The van der Waals surface area contributed by atoms with Gasteiger partial charge < -0.3 is 15.2 Å². The van der Waals surface area contributed by atoms with E-state index in [9.17, 15) is 5.11 Å². The zero-order valence-corrected chi connectivity index (χ0v) is 13.6. The van der Waals surface area contributed by atoms with Crippen LogP contribution >= 0.6 is 15.9 Å². The zero-order valence-electron chi connectivity index (χ0n) is 12.1. The Kier molecular flexibility index (Phi) is 6.23. The minimum absolute atomic E-state index is 0.275. The summed E-state index contributed by atoms with van der Waals surface area (Å²) in [5, 5.41) is 13.2. The van der Waals surface area contributed by atoms with Crippen LogP contribution in [0.1, 0.15) is 11.1 Å². The molecular weight excluding hydrogens is 330 g/mol. The molecule has 21 heavy (non-hydrogen) atoms. The molecular formula is C17H20BrNO2. The molecule has 0 aliphatic carbocycles. The normalized spacial score (nSPS) is 12.1. The molecule has 0 spiro atoms. The van der Waals surface area contributed by atoms with Gasteiger partial charge in [0.05, 0.1) is 0 Å². The highest BCUT2D eigenvalue weighted by atomic mass is 79.9. The number of aliphatic hydroxyl groups excluding tert-OH is 1. The first-order valence-corrected chi connectivity index (χ1v) is 7.76. The molecule has 4 heteroatoms. The van der Waals surface area contributed by atoms with E-state index in [0.29, 0.717) is 6.54 Å². The van der Waals surface area contributed by atoms with Crippen molar-refractivity contribution < 1.29 is 9.84 Å².